The van der Waals surface area contributed by atoms with E-state index in [4.69, 9.17) is 4.74 Å². The number of hydrogen-bond acceptors (Lipinski definition) is 3. The number of morpholine rings is 1. The van der Waals surface area contributed by atoms with Crippen LogP contribution in [0.4, 0.5) is 0 Å². The van der Waals surface area contributed by atoms with Crippen molar-refractivity contribution in [3.8, 4) is 0 Å². The second-order valence-corrected chi connectivity index (χ2v) is 6.48. The van der Waals surface area contributed by atoms with Crippen LogP contribution in [0, 0.1) is 5.41 Å². The molecule has 0 aromatic carbocycles. The molecule has 0 bridgehead atoms. The summed E-state index contributed by atoms with van der Waals surface area (Å²) in [5.41, 5.74) is -0.524. The Bertz CT molecular complexity index is 263. The lowest BCUT2D eigenvalue weighted by molar-refractivity contribution is -0.130. The number of carbonyl (C=O) groups is 1. The van der Waals surface area contributed by atoms with Gasteiger partial charge < -0.3 is 10.1 Å². The minimum absolute atomic E-state index is 0.107. The minimum Gasteiger partial charge on any atom is -0.379 e. The largest absolute Gasteiger partial charge is 0.379 e. The lowest BCUT2D eigenvalue weighted by Crippen LogP contribution is -2.55. The zero-order chi connectivity index (χ0) is 13.1. The van der Waals surface area contributed by atoms with Crippen molar-refractivity contribution in [1.29, 1.82) is 0 Å². The summed E-state index contributed by atoms with van der Waals surface area (Å²) in [6.45, 7) is 14.3. The van der Waals surface area contributed by atoms with Crippen molar-refractivity contribution in [2.24, 2.45) is 5.41 Å². The van der Waals surface area contributed by atoms with Crippen molar-refractivity contribution >= 4 is 5.91 Å². The third-order valence-corrected chi connectivity index (χ3v) is 2.86. The molecular weight excluding hydrogens is 216 g/mol. The highest BCUT2D eigenvalue weighted by molar-refractivity contribution is 5.82. The SMILES string of the molecule is CC(C)(CN1CCOCC1)NC(=O)C(C)(C)C. The molecule has 0 aromatic heterocycles. The summed E-state index contributed by atoms with van der Waals surface area (Å²) in [5, 5.41) is 3.12. The second-order valence-electron chi connectivity index (χ2n) is 6.48. The van der Waals surface area contributed by atoms with Gasteiger partial charge >= 0.3 is 0 Å². The highest BCUT2D eigenvalue weighted by atomic mass is 16.5. The number of nitrogens with zero attached hydrogens (tertiary/aromatic N) is 1. The van der Waals surface area contributed by atoms with Crippen LogP contribution in [0.5, 0.6) is 0 Å². The molecule has 1 rings (SSSR count). The van der Waals surface area contributed by atoms with Gasteiger partial charge in [-0.2, -0.15) is 0 Å². The molecule has 1 aliphatic heterocycles. The van der Waals surface area contributed by atoms with Gasteiger partial charge in [0, 0.05) is 30.6 Å². The molecule has 0 aromatic rings. The first-order chi connectivity index (χ1) is 7.71. The number of rotatable bonds is 3. The summed E-state index contributed by atoms with van der Waals surface area (Å²) in [6, 6.07) is 0. The van der Waals surface area contributed by atoms with Gasteiger partial charge in [0.15, 0.2) is 0 Å². The third kappa shape index (κ3) is 5.04. The molecule has 0 aliphatic carbocycles. The van der Waals surface area contributed by atoms with E-state index in [1.165, 1.54) is 0 Å². The first kappa shape index (κ1) is 14.5. The molecule has 0 radical (unpaired) electrons. The molecule has 100 valence electrons. The average Bonchev–Trinajstić information content (AvgIpc) is 2.16. The summed E-state index contributed by atoms with van der Waals surface area (Å²) >= 11 is 0. The normalized spacial score (nSPS) is 19.1. The van der Waals surface area contributed by atoms with Crippen LogP contribution in [0.3, 0.4) is 0 Å². The van der Waals surface area contributed by atoms with Crippen LogP contribution < -0.4 is 5.32 Å². The molecule has 1 amide bonds. The Morgan fingerprint density at radius 3 is 2.18 bits per heavy atom. The first-order valence-electron chi connectivity index (χ1n) is 6.33. The maximum Gasteiger partial charge on any atom is 0.225 e. The number of ether oxygens (including phenoxy) is 1. The summed E-state index contributed by atoms with van der Waals surface area (Å²) in [5.74, 6) is 0.107. The monoisotopic (exact) mass is 242 g/mol. The number of carbonyl (C=O) groups excluding carboxylic acids is 1. The van der Waals surface area contributed by atoms with Gasteiger partial charge in [-0.1, -0.05) is 20.8 Å². The van der Waals surface area contributed by atoms with Gasteiger partial charge in [-0.25, -0.2) is 0 Å². The Labute approximate surface area is 105 Å². The van der Waals surface area contributed by atoms with Gasteiger partial charge in [0.25, 0.3) is 0 Å². The Hall–Kier alpha value is -0.610. The van der Waals surface area contributed by atoms with E-state index in [0.29, 0.717) is 0 Å². The van der Waals surface area contributed by atoms with E-state index >= 15 is 0 Å². The van der Waals surface area contributed by atoms with E-state index in [9.17, 15) is 4.79 Å². The molecule has 0 saturated carbocycles. The van der Waals surface area contributed by atoms with Gasteiger partial charge in [-0.15, -0.1) is 0 Å². The van der Waals surface area contributed by atoms with Crippen molar-refractivity contribution in [2.45, 2.75) is 40.2 Å². The molecule has 4 nitrogen and oxygen atoms in total. The quantitative estimate of drug-likeness (QED) is 0.810. The van der Waals surface area contributed by atoms with Crippen molar-refractivity contribution in [1.82, 2.24) is 10.2 Å². The highest BCUT2D eigenvalue weighted by Gasteiger charge is 2.29. The van der Waals surface area contributed by atoms with Crippen LogP contribution in [-0.2, 0) is 9.53 Å². The van der Waals surface area contributed by atoms with Crippen molar-refractivity contribution < 1.29 is 9.53 Å². The Morgan fingerprint density at radius 1 is 1.18 bits per heavy atom. The molecule has 1 fully saturated rings. The fraction of sp³-hybridized carbons (Fsp3) is 0.923. The van der Waals surface area contributed by atoms with Gasteiger partial charge in [0.2, 0.25) is 5.91 Å². The minimum atomic E-state index is -0.331. The molecule has 1 heterocycles. The summed E-state index contributed by atoms with van der Waals surface area (Å²) < 4.78 is 5.32. The van der Waals surface area contributed by atoms with Crippen molar-refractivity contribution in [3.63, 3.8) is 0 Å². The fourth-order valence-electron chi connectivity index (χ4n) is 1.85. The number of hydrogen-bond donors (Lipinski definition) is 1. The summed E-state index contributed by atoms with van der Waals surface area (Å²) in [6.07, 6.45) is 0. The Kier molecular flexibility index (Phi) is 4.55. The smallest absolute Gasteiger partial charge is 0.225 e. The van der Waals surface area contributed by atoms with Gasteiger partial charge in [0.05, 0.1) is 13.2 Å². The molecule has 0 atom stereocenters. The molecule has 17 heavy (non-hydrogen) atoms. The summed E-state index contributed by atoms with van der Waals surface area (Å²) in [7, 11) is 0. The molecule has 1 saturated heterocycles. The average molecular weight is 242 g/mol. The number of amides is 1. The maximum absolute atomic E-state index is 12.0. The van der Waals surface area contributed by atoms with Crippen molar-refractivity contribution in [3.05, 3.63) is 0 Å². The van der Waals surface area contributed by atoms with Crippen molar-refractivity contribution in [2.75, 3.05) is 32.8 Å². The van der Waals surface area contributed by atoms with E-state index in [1.54, 1.807) is 0 Å². The van der Waals surface area contributed by atoms with Crippen LogP contribution >= 0.6 is 0 Å². The second kappa shape index (κ2) is 5.36. The Balaban J connectivity index is 2.47. The topological polar surface area (TPSA) is 41.6 Å². The van der Waals surface area contributed by atoms with Crippen LogP contribution in [0.2, 0.25) is 0 Å². The molecule has 0 unspecified atom stereocenters. The van der Waals surface area contributed by atoms with Gasteiger partial charge in [0.1, 0.15) is 0 Å². The predicted molar refractivity (Wildman–Crippen MR) is 68.9 cm³/mol. The van der Waals surface area contributed by atoms with Gasteiger partial charge in [-0.05, 0) is 13.8 Å². The van der Waals surface area contributed by atoms with E-state index in [0.717, 1.165) is 32.8 Å². The maximum atomic E-state index is 12.0. The fourth-order valence-corrected chi connectivity index (χ4v) is 1.85. The molecular formula is C13H26N2O2. The van der Waals surface area contributed by atoms with E-state index in [1.807, 2.05) is 20.8 Å². The zero-order valence-electron chi connectivity index (χ0n) is 11.8. The molecule has 0 spiro atoms. The molecule has 1 aliphatic rings. The lowest BCUT2D eigenvalue weighted by atomic mass is 9.93. The Morgan fingerprint density at radius 2 is 1.71 bits per heavy atom. The third-order valence-electron chi connectivity index (χ3n) is 2.86. The van der Waals surface area contributed by atoms with Crippen LogP contribution in [0.25, 0.3) is 0 Å². The molecule has 4 heteroatoms. The highest BCUT2D eigenvalue weighted by Crippen LogP contribution is 2.16. The van der Waals surface area contributed by atoms with E-state index in [-0.39, 0.29) is 16.9 Å². The van der Waals surface area contributed by atoms with Crippen LogP contribution in [-0.4, -0.2) is 49.2 Å². The van der Waals surface area contributed by atoms with Gasteiger partial charge in [-0.3, -0.25) is 9.69 Å². The van der Waals surface area contributed by atoms with E-state index < -0.39 is 0 Å². The lowest BCUT2D eigenvalue weighted by Gasteiger charge is -2.36. The van der Waals surface area contributed by atoms with Crippen LogP contribution in [0.1, 0.15) is 34.6 Å². The first-order valence-corrected chi connectivity index (χ1v) is 6.33. The standard InChI is InChI=1S/C13H26N2O2/c1-12(2,3)11(16)14-13(4,5)10-15-6-8-17-9-7-15/h6-10H2,1-5H3,(H,14,16). The molecule has 1 N–H and O–H groups in total. The summed E-state index contributed by atoms with van der Waals surface area (Å²) in [4.78, 5) is 14.3. The predicted octanol–water partition coefficient (Wildman–Crippen LogP) is 1.26. The zero-order valence-corrected chi connectivity index (χ0v) is 11.8. The number of nitrogens with one attached hydrogen (secondary N) is 1. The van der Waals surface area contributed by atoms with E-state index in [2.05, 4.69) is 24.1 Å². The van der Waals surface area contributed by atoms with Crippen LogP contribution in [0.15, 0.2) is 0 Å².